The fourth-order valence-corrected chi connectivity index (χ4v) is 2.82. The Hall–Kier alpha value is -1.02. The number of aromatic nitrogens is 1. The topological polar surface area (TPSA) is 85.1 Å². The summed E-state index contributed by atoms with van der Waals surface area (Å²) < 4.78 is -0.0976. The summed E-state index contributed by atoms with van der Waals surface area (Å²) in [7, 11) is 0. The number of rotatable bonds is 5. The highest BCUT2D eigenvalue weighted by Gasteiger charge is 2.32. The highest BCUT2D eigenvalue weighted by atomic mass is 127. The Morgan fingerprint density at radius 3 is 2.35 bits per heavy atom. The van der Waals surface area contributed by atoms with Crippen LogP contribution in [0.4, 0.5) is 0 Å². The van der Waals surface area contributed by atoms with Crippen LogP contribution in [-0.2, 0) is 16.0 Å². The summed E-state index contributed by atoms with van der Waals surface area (Å²) in [5.74, 6) is -0.313. The van der Waals surface area contributed by atoms with E-state index in [0.29, 0.717) is 6.42 Å². The van der Waals surface area contributed by atoms with Gasteiger partial charge in [-0.05, 0) is 29.5 Å². The van der Waals surface area contributed by atoms with Crippen LogP contribution in [0.25, 0.3) is 0 Å². The molecule has 0 unspecified atom stereocenters. The standard InChI is InChI=1S/C14H20IN3O2/c1-14(2,3)11(12(15)19)18-13(20)10(16)8-9-4-6-17-7-5-9/h4-7,10-11H,8,16H2,1-3H3,(H,18,20)/t10-,11+/m0/s1. The second-order valence-corrected chi connectivity index (χ2v) is 6.84. The van der Waals surface area contributed by atoms with Crippen molar-refractivity contribution in [3.8, 4) is 0 Å². The number of hydrogen-bond donors (Lipinski definition) is 2. The third-order valence-corrected chi connectivity index (χ3v) is 3.54. The first-order valence-electron chi connectivity index (χ1n) is 6.36. The molecule has 0 spiro atoms. The molecule has 3 N–H and O–H groups in total. The molecule has 1 heterocycles. The summed E-state index contributed by atoms with van der Waals surface area (Å²) in [4.78, 5) is 27.6. The van der Waals surface area contributed by atoms with Gasteiger partial charge in [0.15, 0.2) is 0 Å². The maximum Gasteiger partial charge on any atom is 0.237 e. The minimum absolute atomic E-state index is 0.0976. The molecule has 20 heavy (non-hydrogen) atoms. The Kier molecular flexibility index (Phi) is 6.07. The van der Waals surface area contributed by atoms with Gasteiger partial charge in [0.05, 0.1) is 6.04 Å². The van der Waals surface area contributed by atoms with E-state index in [9.17, 15) is 9.59 Å². The molecule has 110 valence electrons. The van der Waals surface area contributed by atoms with Crippen LogP contribution in [-0.4, -0.2) is 26.8 Å². The average Bonchev–Trinajstić information content (AvgIpc) is 2.34. The van der Waals surface area contributed by atoms with Crippen molar-refractivity contribution >= 4 is 32.3 Å². The van der Waals surface area contributed by atoms with E-state index in [1.165, 1.54) is 0 Å². The number of pyridine rings is 1. The van der Waals surface area contributed by atoms with E-state index in [0.717, 1.165) is 5.56 Å². The molecule has 0 saturated carbocycles. The smallest absolute Gasteiger partial charge is 0.237 e. The van der Waals surface area contributed by atoms with Crippen molar-refractivity contribution in [2.45, 2.75) is 39.3 Å². The lowest BCUT2D eigenvalue weighted by molar-refractivity contribution is -0.127. The van der Waals surface area contributed by atoms with E-state index in [1.54, 1.807) is 35.0 Å². The molecular weight excluding hydrogens is 369 g/mol. The minimum Gasteiger partial charge on any atom is -0.344 e. The van der Waals surface area contributed by atoms with Gasteiger partial charge in [-0.25, -0.2) is 0 Å². The Morgan fingerprint density at radius 1 is 1.35 bits per heavy atom. The van der Waals surface area contributed by atoms with E-state index in [-0.39, 0.29) is 15.1 Å². The fourth-order valence-electron chi connectivity index (χ4n) is 1.73. The Bertz CT molecular complexity index is 471. The quantitative estimate of drug-likeness (QED) is 0.590. The number of nitrogens with two attached hydrogens (primary N) is 1. The predicted molar refractivity (Wildman–Crippen MR) is 86.3 cm³/mol. The van der Waals surface area contributed by atoms with Crippen molar-refractivity contribution in [2.24, 2.45) is 11.1 Å². The Balaban J connectivity index is 2.67. The number of halogens is 1. The molecule has 0 aromatic carbocycles. The molecule has 0 radical (unpaired) electrons. The van der Waals surface area contributed by atoms with Crippen LogP contribution in [0.15, 0.2) is 24.5 Å². The molecule has 5 nitrogen and oxygen atoms in total. The summed E-state index contributed by atoms with van der Waals surface area (Å²) in [6, 6.07) is 2.41. The van der Waals surface area contributed by atoms with Crippen molar-refractivity contribution in [1.29, 1.82) is 0 Å². The van der Waals surface area contributed by atoms with Gasteiger partial charge in [0.1, 0.15) is 6.04 Å². The number of carbonyl (C=O) groups is 2. The van der Waals surface area contributed by atoms with Crippen molar-refractivity contribution in [2.75, 3.05) is 0 Å². The Labute approximate surface area is 132 Å². The van der Waals surface area contributed by atoms with Crippen LogP contribution in [0.2, 0.25) is 0 Å². The second-order valence-electron chi connectivity index (χ2n) is 5.78. The fraction of sp³-hybridized carbons (Fsp3) is 0.500. The highest BCUT2D eigenvalue weighted by molar-refractivity contribution is 14.1. The van der Waals surface area contributed by atoms with Gasteiger partial charge in [-0.3, -0.25) is 14.6 Å². The number of amides is 1. The first kappa shape index (κ1) is 17.0. The predicted octanol–water partition coefficient (Wildman–Crippen LogP) is 1.44. The SMILES string of the molecule is CC(C)(C)[C@H](NC(=O)[C@@H](N)Cc1ccncc1)C(=O)I. The van der Waals surface area contributed by atoms with E-state index in [2.05, 4.69) is 10.3 Å². The number of nitrogens with zero attached hydrogens (tertiary/aromatic N) is 1. The van der Waals surface area contributed by atoms with Gasteiger partial charge >= 0.3 is 0 Å². The van der Waals surface area contributed by atoms with Gasteiger partial charge in [0.2, 0.25) is 9.70 Å². The van der Waals surface area contributed by atoms with Crippen molar-refractivity contribution in [1.82, 2.24) is 10.3 Å². The number of nitrogens with one attached hydrogen (secondary N) is 1. The van der Waals surface area contributed by atoms with Gasteiger partial charge < -0.3 is 11.1 Å². The van der Waals surface area contributed by atoms with E-state index < -0.39 is 12.1 Å². The normalized spacial score (nSPS) is 14.4. The van der Waals surface area contributed by atoms with Crippen LogP contribution in [0, 0.1) is 5.41 Å². The van der Waals surface area contributed by atoms with Crippen LogP contribution >= 0.6 is 22.6 Å². The molecule has 0 saturated heterocycles. The molecule has 1 aromatic rings. The van der Waals surface area contributed by atoms with Gasteiger partial charge in [-0.15, -0.1) is 0 Å². The van der Waals surface area contributed by atoms with Crippen LogP contribution in [0.5, 0.6) is 0 Å². The summed E-state index contributed by atoms with van der Waals surface area (Å²) in [5.41, 5.74) is 6.49. The van der Waals surface area contributed by atoms with Crippen molar-refractivity contribution in [3.63, 3.8) is 0 Å². The van der Waals surface area contributed by atoms with Crippen LogP contribution in [0.3, 0.4) is 0 Å². The molecule has 1 rings (SSSR count). The molecule has 0 aliphatic rings. The molecule has 0 aliphatic carbocycles. The zero-order chi connectivity index (χ0) is 15.3. The average molecular weight is 389 g/mol. The monoisotopic (exact) mass is 389 g/mol. The van der Waals surface area contributed by atoms with Gasteiger partial charge in [-0.2, -0.15) is 0 Å². The first-order chi connectivity index (χ1) is 9.21. The van der Waals surface area contributed by atoms with Crippen LogP contribution < -0.4 is 11.1 Å². The lowest BCUT2D eigenvalue weighted by Crippen LogP contribution is -2.53. The zero-order valence-electron chi connectivity index (χ0n) is 11.9. The maximum absolute atomic E-state index is 12.1. The first-order valence-corrected chi connectivity index (χ1v) is 7.44. The second kappa shape index (κ2) is 7.12. The minimum atomic E-state index is -0.682. The molecule has 0 aliphatic heterocycles. The number of hydrogen-bond acceptors (Lipinski definition) is 4. The highest BCUT2D eigenvalue weighted by Crippen LogP contribution is 2.22. The molecule has 1 aromatic heterocycles. The molecule has 6 heteroatoms. The maximum atomic E-state index is 12.1. The molecule has 2 atom stereocenters. The summed E-state index contributed by atoms with van der Waals surface area (Å²) in [6.07, 6.45) is 3.74. The van der Waals surface area contributed by atoms with Crippen molar-refractivity contribution in [3.05, 3.63) is 30.1 Å². The van der Waals surface area contributed by atoms with E-state index in [4.69, 9.17) is 5.73 Å². The lowest BCUT2D eigenvalue weighted by Gasteiger charge is -2.29. The van der Waals surface area contributed by atoms with Gasteiger partial charge in [0, 0.05) is 35.0 Å². The third kappa shape index (κ3) is 5.16. The third-order valence-electron chi connectivity index (χ3n) is 2.92. The van der Waals surface area contributed by atoms with Gasteiger partial charge in [-0.1, -0.05) is 20.8 Å². The molecule has 0 bridgehead atoms. The largest absolute Gasteiger partial charge is 0.344 e. The Morgan fingerprint density at radius 2 is 1.90 bits per heavy atom. The van der Waals surface area contributed by atoms with Gasteiger partial charge in [0.25, 0.3) is 0 Å². The molecule has 1 amide bonds. The summed E-state index contributed by atoms with van der Waals surface area (Å²) >= 11 is 1.71. The summed E-state index contributed by atoms with van der Waals surface area (Å²) in [5, 5.41) is 2.74. The lowest BCUT2D eigenvalue weighted by atomic mass is 9.87. The van der Waals surface area contributed by atoms with E-state index >= 15 is 0 Å². The number of carbonyl (C=O) groups excluding carboxylic acids is 2. The molecular formula is C14H20IN3O2. The van der Waals surface area contributed by atoms with E-state index in [1.807, 2.05) is 32.9 Å². The van der Waals surface area contributed by atoms with Crippen LogP contribution in [0.1, 0.15) is 26.3 Å². The zero-order valence-corrected chi connectivity index (χ0v) is 14.0. The van der Waals surface area contributed by atoms with Crippen molar-refractivity contribution < 1.29 is 9.59 Å². The summed E-state index contributed by atoms with van der Waals surface area (Å²) in [6.45, 7) is 5.72. The molecule has 0 fully saturated rings.